The monoisotopic (exact) mass is 234 g/mol. The van der Waals surface area contributed by atoms with E-state index in [0.717, 1.165) is 0 Å². The Balaban J connectivity index is 2.33. The SMILES string of the molecule is COc1ccccc1-n1cc(OC(=O)O)cn1. The molecule has 17 heavy (non-hydrogen) atoms. The van der Waals surface area contributed by atoms with Crippen molar-refractivity contribution in [2.24, 2.45) is 0 Å². The molecule has 0 amide bonds. The van der Waals surface area contributed by atoms with Gasteiger partial charge in [-0.25, -0.2) is 9.48 Å². The average molecular weight is 234 g/mol. The van der Waals surface area contributed by atoms with E-state index in [2.05, 4.69) is 9.84 Å². The topological polar surface area (TPSA) is 73.6 Å². The second-order valence-corrected chi connectivity index (χ2v) is 3.16. The van der Waals surface area contributed by atoms with E-state index in [1.807, 2.05) is 12.1 Å². The van der Waals surface area contributed by atoms with Gasteiger partial charge in [0.1, 0.15) is 11.4 Å². The van der Waals surface area contributed by atoms with Crippen molar-refractivity contribution in [2.45, 2.75) is 0 Å². The summed E-state index contributed by atoms with van der Waals surface area (Å²) in [6.07, 6.45) is 1.41. The maximum atomic E-state index is 10.4. The minimum absolute atomic E-state index is 0.156. The van der Waals surface area contributed by atoms with E-state index in [9.17, 15) is 4.79 Å². The van der Waals surface area contributed by atoms with Gasteiger partial charge in [-0.05, 0) is 12.1 Å². The number of methoxy groups -OCH3 is 1. The first-order chi connectivity index (χ1) is 8.20. The van der Waals surface area contributed by atoms with E-state index in [1.54, 1.807) is 19.2 Å². The molecule has 0 saturated heterocycles. The van der Waals surface area contributed by atoms with Crippen LogP contribution in [0.15, 0.2) is 36.7 Å². The van der Waals surface area contributed by atoms with E-state index in [4.69, 9.17) is 9.84 Å². The predicted octanol–water partition coefficient (Wildman–Crippen LogP) is 1.94. The zero-order valence-electron chi connectivity index (χ0n) is 9.03. The zero-order valence-corrected chi connectivity index (χ0v) is 9.03. The molecule has 0 unspecified atom stereocenters. The van der Waals surface area contributed by atoms with E-state index in [1.165, 1.54) is 17.1 Å². The Morgan fingerprint density at radius 1 is 1.41 bits per heavy atom. The number of para-hydroxylation sites is 2. The van der Waals surface area contributed by atoms with Gasteiger partial charge in [-0.1, -0.05) is 12.1 Å². The molecular weight excluding hydrogens is 224 g/mol. The number of carboxylic acid groups (broad SMARTS) is 1. The van der Waals surface area contributed by atoms with Crippen molar-refractivity contribution in [1.29, 1.82) is 0 Å². The van der Waals surface area contributed by atoms with Crippen LogP contribution in [0.4, 0.5) is 4.79 Å². The van der Waals surface area contributed by atoms with Crippen LogP contribution >= 0.6 is 0 Å². The van der Waals surface area contributed by atoms with Gasteiger partial charge in [0.15, 0.2) is 5.75 Å². The quantitative estimate of drug-likeness (QED) is 0.821. The number of rotatable bonds is 3. The second kappa shape index (κ2) is 4.56. The Morgan fingerprint density at radius 3 is 2.88 bits per heavy atom. The van der Waals surface area contributed by atoms with Crippen molar-refractivity contribution in [3.8, 4) is 17.2 Å². The lowest BCUT2D eigenvalue weighted by Gasteiger charge is -2.06. The average Bonchev–Trinajstić information content (AvgIpc) is 2.76. The van der Waals surface area contributed by atoms with Crippen LogP contribution in [0.3, 0.4) is 0 Å². The molecule has 0 spiro atoms. The normalized spacial score (nSPS) is 9.94. The molecule has 0 aliphatic rings. The molecule has 88 valence electrons. The van der Waals surface area contributed by atoms with Gasteiger partial charge >= 0.3 is 6.16 Å². The molecule has 0 radical (unpaired) electrons. The van der Waals surface area contributed by atoms with Crippen LogP contribution in [0.5, 0.6) is 11.5 Å². The molecule has 6 nitrogen and oxygen atoms in total. The third-order valence-electron chi connectivity index (χ3n) is 2.10. The summed E-state index contributed by atoms with van der Waals surface area (Å²) in [5, 5.41) is 12.5. The second-order valence-electron chi connectivity index (χ2n) is 3.16. The fourth-order valence-electron chi connectivity index (χ4n) is 1.41. The fraction of sp³-hybridized carbons (Fsp3) is 0.0909. The molecule has 6 heteroatoms. The van der Waals surface area contributed by atoms with Gasteiger partial charge in [-0.15, -0.1) is 0 Å². The molecule has 1 N–H and O–H groups in total. The van der Waals surface area contributed by atoms with Gasteiger partial charge in [0.05, 0.1) is 19.5 Å². The van der Waals surface area contributed by atoms with E-state index in [0.29, 0.717) is 11.4 Å². The molecule has 1 aromatic carbocycles. The number of nitrogens with zero attached hydrogens (tertiary/aromatic N) is 2. The molecule has 1 aromatic heterocycles. The highest BCUT2D eigenvalue weighted by molar-refractivity contribution is 5.60. The largest absolute Gasteiger partial charge is 0.511 e. The van der Waals surface area contributed by atoms with Gasteiger partial charge in [-0.3, -0.25) is 0 Å². The predicted molar refractivity (Wildman–Crippen MR) is 58.8 cm³/mol. The fourth-order valence-corrected chi connectivity index (χ4v) is 1.41. The Kier molecular flexibility index (Phi) is 2.95. The van der Waals surface area contributed by atoms with Crippen LogP contribution < -0.4 is 9.47 Å². The number of benzene rings is 1. The number of aromatic nitrogens is 2. The minimum Gasteiger partial charge on any atom is -0.494 e. The summed E-state index contributed by atoms with van der Waals surface area (Å²) in [4.78, 5) is 10.4. The maximum Gasteiger partial charge on any atom is 0.511 e. The van der Waals surface area contributed by atoms with Crippen LogP contribution in [0.2, 0.25) is 0 Å². The number of hydrogen-bond acceptors (Lipinski definition) is 4. The van der Waals surface area contributed by atoms with Crippen LogP contribution in [0.25, 0.3) is 5.69 Å². The van der Waals surface area contributed by atoms with Gasteiger partial charge in [0.25, 0.3) is 0 Å². The molecule has 0 aliphatic heterocycles. The lowest BCUT2D eigenvalue weighted by Crippen LogP contribution is -2.02. The molecule has 0 saturated carbocycles. The van der Waals surface area contributed by atoms with Crippen LogP contribution in [-0.2, 0) is 0 Å². The van der Waals surface area contributed by atoms with E-state index in [-0.39, 0.29) is 5.75 Å². The van der Waals surface area contributed by atoms with Crippen molar-refractivity contribution in [2.75, 3.05) is 7.11 Å². The molecule has 0 aliphatic carbocycles. The van der Waals surface area contributed by atoms with E-state index < -0.39 is 6.16 Å². The number of ether oxygens (including phenoxy) is 2. The van der Waals surface area contributed by atoms with Crippen LogP contribution in [0.1, 0.15) is 0 Å². The van der Waals surface area contributed by atoms with Gasteiger partial charge in [-0.2, -0.15) is 5.10 Å². The summed E-state index contributed by atoms with van der Waals surface area (Å²) in [7, 11) is 1.55. The van der Waals surface area contributed by atoms with Crippen molar-refractivity contribution in [3.05, 3.63) is 36.7 Å². The summed E-state index contributed by atoms with van der Waals surface area (Å²) in [5.41, 5.74) is 0.704. The highest BCUT2D eigenvalue weighted by atomic mass is 16.7. The first kappa shape index (κ1) is 11.0. The lowest BCUT2D eigenvalue weighted by atomic mass is 10.3. The Bertz CT molecular complexity index is 536. The summed E-state index contributed by atoms with van der Waals surface area (Å²) in [6, 6.07) is 7.25. The maximum absolute atomic E-state index is 10.4. The Morgan fingerprint density at radius 2 is 2.18 bits per heavy atom. The first-order valence-electron chi connectivity index (χ1n) is 4.79. The summed E-state index contributed by atoms with van der Waals surface area (Å²) in [6.45, 7) is 0. The highest BCUT2D eigenvalue weighted by Gasteiger charge is 2.08. The standard InChI is InChI=1S/C11H10N2O4/c1-16-10-5-3-2-4-9(10)13-7-8(6-12-13)17-11(14)15/h2-7H,1H3,(H,14,15). The van der Waals surface area contributed by atoms with Crippen molar-refractivity contribution < 1.29 is 19.4 Å². The van der Waals surface area contributed by atoms with Gasteiger partial charge < -0.3 is 14.6 Å². The van der Waals surface area contributed by atoms with Gasteiger partial charge in [0.2, 0.25) is 0 Å². The number of hydrogen-bond donors (Lipinski definition) is 1. The molecule has 0 atom stereocenters. The summed E-state index contributed by atoms with van der Waals surface area (Å²) < 4.78 is 11.1. The Hall–Kier alpha value is -2.50. The highest BCUT2D eigenvalue weighted by Crippen LogP contribution is 2.23. The summed E-state index contributed by atoms with van der Waals surface area (Å²) >= 11 is 0. The molecule has 2 rings (SSSR count). The van der Waals surface area contributed by atoms with Gasteiger partial charge in [0, 0.05) is 0 Å². The third kappa shape index (κ3) is 2.36. The number of carbonyl (C=O) groups is 1. The van der Waals surface area contributed by atoms with Crippen LogP contribution in [0, 0.1) is 0 Å². The molecule has 2 aromatic rings. The van der Waals surface area contributed by atoms with Crippen molar-refractivity contribution in [1.82, 2.24) is 9.78 Å². The summed E-state index contributed by atoms with van der Waals surface area (Å²) in [5.74, 6) is 0.792. The van der Waals surface area contributed by atoms with Crippen LogP contribution in [-0.4, -0.2) is 28.2 Å². The smallest absolute Gasteiger partial charge is 0.494 e. The van der Waals surface area contributed by atoms with E-state index >= 15 is 0 Å². The first-order valence-corrected chi connectivity index (χ1v) is 4.79. The third-order valence-corrected chi connectivity index (χ3v) is 2.10. The zero-order chi connectivity index (χ0) is 12.3. The molecule has 1 heterocycles. The molecule has 0 bridgehead atoms. The van der Waals surface area contributed by atoms with Crippen molar-refractivity contribution >= 4 is 6.16 Å². The molecule has 0 fully saturated rings. The minimum atomic E-state index is -1.37. The van der Waals surface area contributed by atoms with Crippen molar-refractivity contribution in [3.63, 3.8) is 0 Å². The molecular formula is C11H10N2O4. The Labute approximate surface area is 97.0 Å². The lowest BCUT2D eigenvalue weighted by molar-refractivity contribution is 0.144.